The number of anilines is 3. The Balaban J connectivity index is 1.38. The van der Waals surface area contributed by atoms with Gasteiger partial charge in [0.1, 0.15) is 12.4 Å². The molecule has 2 heterocycles. The number of hydrogen-bond acceptors (Lipinski definition) is 9. The molecule has 10 nitrogen and oxygen atoms in total. The van der Waals surface area contributed by atoms with Crippen LogP contribution in [-0.2, 0) is 9.47 Å². The van der Waals surface area contributed by atoms with E-state index in [4.69, 9.17) is 25.7 Å². The highest BCUT2D eigenvalue weighted by Crippen LogP contribution is 2.28. The highest BCUT2D eigenvalue weighted by Gasteiger charge is 2.24. The topological polar surface area (TPSA) is 147 Å². The van der Waals surface area contributed by atoms with Crippen LogP contribution in [-0.4, -0.2) is 61.0 Å². The van der Waals surface area contributed by atoms with Gasteiger partial charge in [0.25, 0.3) is 5.91 Å². The van der Waals surface area contributed by atoms with E-state index < -0.39 is 11.7 Å². The lowest BCUT2D eigenvalue weighted by atomic mass is 9.91. The van der Waals surface area contributed by atoms with Gasteiger partial charge in [-0.15, -0.1) is 0 Å². The van der Waals surface area contributed by atoms with Crippen molar-refractivity contribution in [2.24, 2.45) is 11.5 Å². The Bertz CT molecular complexity index is 1280. The standard InChI is InChI=1S/C29H39FN6O4/c1-2-3-12-38-13-14-39-15-16-40-26-11-8-19-17-20(9-10-24(19)34-26)33-28-21(27(32)37)18-22(30)29(36-28)35-25-7-5-4-6-23(25)31/h8-11,17-18,23,25H,2-7,12-16,31H2,1H3,(H2,32,37)(H2,33,35,36). The maximum atomic E-state index is 14.8. The van der Waals surface area contributed by atoms with Gasteiger partial charge in [0.05, 0.1) is 30.9 Å². The predicted molar refractivity (Wildman–Crippen MR) is 154 cm³/mol. The van der Waals surface area contributed by atoms with Crippen molar-refractivity contribution in [3.8, 4) is 5.88 Å². The van der Waals surface area contributed by atoms with Gasteiger partial charge in [0.15, 0.2) is 11.6 Å². The molecule has 1 fully saturated rings. The van der Waals surface area contributed by atoms with Crippen LogP contribution >= 0.6 is 0 Å². The molecule has 6 N–H and O–H groups in total. The molecule has 0 spiro atoms. The Morgan fingerprint density at radius 1 is 1.00 bits per heavy atom. The van der Waals surface area contributed by atoms with Crippen LogP contribution in [0.1, 0.15) is 55.8 Å². The maximum Gasteiger partial charge on any atom is 0.252 e. The summed E-state index contributed by atoms with van der Waals surface area (Å²) in [4.78, 5) is 21.0. The zero-order valence-corrected chi connectivity index (χ0v) is 23.0. The molecule has 2 aromatic heterocycles. The van der Waals surface area contributed by atoms with E-state index in [0.717, 1.165) is 62.1 Å². The molecule has 4 rings (SSSR count). The van der Waals surface area contributed by atoms with Crippen molar-refractivity contribution in [3.63, 3.8) is 0 Å². The average molecular weight is 555 g/mol. The molecule has 2 atom stereocenters. The lowest BCUT2D eigenvalue weighted by Crippen LogP contribution is -2.43. The van der Waals surface area contributed by atoms with Crippen molar-refractivity contribution in [1.29, 1.82) is 0 Å². The number of carbonyl (C=O) groups is 1. The number of ether oxygens (including phenoxy) is 3. The fraction of sp³-hybridized carbons (Fsp3) is 0.483. The number of hydrogen-bond donors (Lipinski definition) is 4. The quantitative estimate of drug-likeness (QED) is 0.199. The largest absolute Gasteiger partial charge is 0.475 e. The monoisotopic (exact) mass is 554 g/mol. The third-order valence-corrected chi connectivity index (χ3v) is 6.80. The number of aromatic nitrogens is 2. The first kappa shape index (κ1) is 29.4. The van der Waals surface area contributed by atoms with Gasteiger partial charge in [-0.1, -0.05) is 26.2 Å². The minimum Gasteiger partial charge on any atom is -0.475 e. The van der Waals surface area contributed by atoms with Crippen LogP contribution < -0.4 is 26.8 Å². The molecule has 0 bridgehead atoms. The summed E-state index contributed by atoms with van der Waals surface area (Å²) in [7, 11) is 0. The molecule has 0 radical (unpaired) electrons. The van der Waals surface area contributed by atoms with Crippen LogP contribution in [0.25, 0.3) is 10.9 Å². The number of pyridine rings is 2. The van der Waals surface area contributed by atoms with Crippen LogP contribution in [0.15, 0.2) is 36.4 Å². The third-order valence-electron chi connectivity index (χ3n) is 6.80. The lowest BCUT2D eigenvalue weighted by molar-refractivity contribution is 0.0351. The molecule has 40 heavy (non-hydrogen) atoms. The van der Waals surface area contributed by atoms with Crippen molar-refractivity contribution < 1.29 is 23.4 Å². The van der Waals surface area contributed by atoms with E-state index in [2.05, 4.69) is 27.5 Å². The molecular weight excluding hydrogens is 515 g/mol. The molecular formula is C29H39FN6O4. The molecule has 2 unspecified atom stereocenters. The summed E-state index contributed by atoms with van der Waals surface area (Å²) >= 11 is 0. The second kappa shape index (κ2) is 14.7. The Morgan fingerprint density at radius 2 is 1.77 bits per heavy atom. The Morgan fingerprint density at radius 3 is 2.55 bits per heavy atom. The number of fused-ring (bicyclic) bond motifs is 1. The summed E-state index contributed by atoms with van der Waals surface area (Å²) in [5.41, 5.74) is 13.1. The number of nitrogens with one attached hydrogen (secondary N) is 2. The highest BCUT2D eigenvalue weighted by atomic mass is 19.1. The average Bonchev–Trinajstić information content (AvgIpc) is 2.94. The van der Waals surface area contributed by atoms with E-state index in [1.54, 1.807) is 12.1 Å². The van der Waals surface area contributed by atoms with Gasteiger partial charge in [0.2, 0.25) is 5.88 Å². The summed E-state index contributed by atoms with van der Waals surface area (Å²) in [6.07, 6.45) is 5.92. The second-order valence-electron chi connectivity index (χ2n) is 9.89. The zero-order valence-electron chi connectivity index (χ0n) is 23.0. The van der Waals surface area contributed by atoms with Gasteiger partial charge in [-0.2, -0.15) is 0 Å². The summed E-state index contributed by atoms with van der Waals surface area (Å²) < 4.78 is 31.5. The van der Waals surface area contributed by atoms with Crippen LogP contribution in [0, 0.1) is 5.82 Å². The Hall–Kier alpha value is -3.54. The first-order valence-electron chi connectivity index (χ1n) is 13.9. The molecule has 1 amide bonds. The predicted octanol–water partition coefficient (Wildman–Crippen LogP) is 4.51. The number of nitrogens with two attached hydrogens (primary N) is 2. The number of amides is 1. The zero-order chi connectivity index (χ0) is 28.3. The number of nitrogens with zero attached hydrogens (tertiary/aromatic N) is 2. The van der Waals surface area contributed by atoms with Crippen molar-refractivity contribution in [1.82, 2.24) is 9.97 Å². The van der Waals surface area contributed by atoms with Gasteiger partial charge < -0.3 is 36.3 Å². The molecule has 11 heteroatoms. The van der Waals surface area contributed by atoms with Gasteiger partial charge in [0, 0.05) is 35.8 Å². The number of halogens is 1. The fourth-order valence-electron chi connectivity index (χ4n) is 4.56. The summed E-state index contributed by atoms with van der Waals surface area (Å²) in [5.74, 6) is -0.759. The van der Waals surface area contributed by atoms with Crippen LogP contribution in [0.3, 0.4) is 0 Å². The SMILES string of the molecule is CCCCOCCOCCOc1ccc2cc(Nc3nc(NC4CCCCC4N)c(F)cc3C(N)=O)ccc2n1. The van der Waals surface area contributed by atoms with Crippen molar-refractivity contribution in [3.05, 3.63) is 47.8 Å². The van der Waals surface area contributed by atoms with E-state index in [-0.39, 0.29) is 29.3 Å². The van der Waals surface area contributed by atoms with E-state index in [0.29, 0.717) is 38.0 Å². The van der Waals surface area contributed by atoms with Crippen molar-refractivity contribution in [2.45, 2.75) is 57.5 Å². The Labute approximate surface area is 234 Å². The number of carbonyl (C=O) groups excluding carboxylic acids is 1. The highest BCUT2D eigenvalue weighted by molar-refractivity contribution is 5.99. The first-order valence-corrected chi connectivity index (χ1v) is 13.9. The van der Waals surface area contributed by atoms with Crippen molar-refractivity contribution in [2.75, 3.05) is 43.7 Å². The molecule has 0 saturated heterocycles. The smallest absolute Gasteiger partial charge is 0.252 e. The first-order chi connectivity index (χ1) is 19.4. The summed E-state index contributed by atoms with van der Waals surface area (Å²) in [5, 5.41) is 7.07. The molecule has 1 aliphatic rings. The van der Waals surface area contributed by atoms with E-state index in [9.17, 15) is 9.18 Å². The van der Waals surface area contributed by atoms with E-state index >= 15 is 0 Å². The second-order valence-corrected chi connectivity index (χ2v) is 9.89. The number of benzene rings is 1. The number of primary amides is 1. The van der Waals surface area contributed by atoms with Gasteiger partial charge in [-0.3, -0.25) is 4.79 Å². The molecule has 1 saturated carbocycles. The molecule has 216 valence electrons. The molecule has 1 aliphatic carbocycles. The maximum absolute atomic E-state index is 14.8. The molecule has 0 aliphatic heterocycles. The van der Waals surface area contributed by atoms with Gasteiger partial charge in [-0.25, -0.2) is 14.4 Å². The van der Waals surface area contributed by atoms with Gasteiger partial charge >= 0.3 is 0 Å². The summed E-state index contributed by atoms with van der Waals surface area (Å²) in [6, 6.07) is 10.0. The van der Waals surface area contributed by atoms with E-state index in [1.807, 2.05) is 18.2 Å². The molecule has 3 aromatic rings. The van der Waals surface area contributed by atoms with Gasteiger partial charge in [-0.05, 0) is 49.6 Å². The fourth-order valence-corrected chi connectivity index (χ4v) is 4.56. The lowest BCUT2D eigenvalue weighted by Gasteiger charge is -2.30. The number of rotatable bonds is 15. The van der Waals surface area contributed by atoms with Crippen LogP contribution in [0.4, 0.5) is 21.7 Å². The normalized spacial score (nSPS) is 17.1. The Kier molecular flexibility index (Phi) is 10.8. The molecule has 1 aromatic carbocycles. The van der Waals surface area contributed by atoms with Crippen LogP contribution in [0.2, 0.25) is 0 Å². The van der Waals surface area contributed by atoms with E-state index in [1.165, 1.54) is 0 Å². The summed E-state index contributed by atoms with van der Waals surface area (Å²) in [6.45, 7) is 4.81. The van der Waals surface area contributed by atoms with Crippen molar-refractivity contribution >= 4 is 34.1 Å². The minimum atomic E-state index is -0.785. The third kappa shape index (κ3) is 8.23. The number of unbranched alkanes of at least 4 members (excludes halogenated alkanes) is 1. The minimum absolute atomic E-state index is 0.0343. The van der Waals surface area contributed by atoms with Crippen LogP contribution in [0.5, 0.6) is 5.88 Å².